The molecule has 0 aliphatic rings. The maximum atomic E-state index is 12.4. The van der Waals surface area contributed by atoms with Crippen LogP contribution >= 0.6 is 0 Å². The van der Waals surface area contributed by atoms with Gasteiger partial charge in [0.1, 0.15) is 5.75 Å². The number of aryl methyl sites for hydroxylation is 1. The molecule has 2 aromatic carbocycles. The molecule has 0 spiro atoms. The largest absolute Gasteiger partial charge is 0.483 e. The molecule has 0 bridgehead atoms. The SMILES string of the molecule is CCN(Cc1ccccc1)C(=O)CNC(=O)COc1cc(C(C)C)ccc1C. The molecule has 0 aromatic heterocycles. The number of nitrogens with zero attached hydrogens (tertiary/aromatic N) is 1. The topological polar surface area (TPSA) is 58.6 Å². The van der Waals surface area contributed by atoms with Gasteiger partial charge in [-0.15, -0.1) is 0 Å². The number of nitrogens with one attached hydrogen (secondary N) is 1. The number of benzene rings is 2. The maximum Gasteiger partial charge on any atom is 0.258 e. The third kappa shape index (κ3) is 6.41. The Labute approximate surface area is 167 Å². The van der Waals surface area contributed by atoms with Crippen LogP contribution in [0.1, 0.15) is 43.4 Å². The van der Waals surface area contributed by atoms with Crippen molar-refractivity contribution in [3.63, 3.8) is 0 Å². The first-order valence-corrected chi connectivity index (χ1v) is 9.72. The van der Waals surface area contributed by atoms with E-state index in [-0.39, 0.29) is 25.0 Å². The number of carbonyl (C=O) groups is 2. The minimum atomic E-state index is -0.307. The van der Waals surface area contributed by atoms with E-state index < -0.39 is 0 Å². The second-order valence-corrected chi connectivity index (χ2v) is 7.14. The van der Waals surface area contributed by atoms with E-state index in [4.69, 9.17) is 4.74 Å². The van der Waals surface area contributed by atoms with Gasteiger partial charge in [-0.1, -0.05) is 56.3 Å². The Kier molecular flexibility index (Phi) is 8.05. The zero-order valence-electron chi connectivity index (χ0n) is 17.2. The summed E-state index contributed by atoms with van der Waals surface area (Å²) in [7, 11) is 0. The molecule has 28 heavy (non-hydrogen) atoms. The lowest BCUT2D eigenvalue weighted by Crippen LogP contribution is -2.41. The predicted molar refractivity (Wildman–Crippen MR) is 111 cm³/mol. The summed E-state index contributed by atoms with van der Waals surface area (Å²) in [5.74, 6) is 0.669. The van der Waals surface area contributed by atoms with Crippen molar-refractivity contribution in [3.05, 3.63) is 65.2 Å². The minimum Gasteiger partial charge on any atom is -0.483 e. The smallest absolute Gasteiger partial charge is 0.258 e. The van der Waals surface area contributed by atoms with Gasteiger partial charge in [0.15, 0.2) is 6.61 Å². The molecular weight excluding hydrogens is 352 g/mol. The van der Waals surface area contributed by atoms with Crippen molar-refractivity contribution < 1.29 is 14.3 Å². The first-order valence-electron chi connectivity index (χ1n) is 9.72. The molecular formula is C23H30N2O3. The normalized spacial score (nSPS) is 10.6. The van der Waals surface area contributed by atoms with Crippen LogP contribution < -0.4 is 10.1 Å². The molecule has 5 heteroatoms. The predicted octanol–water partition coefficient (Wildman–Crippen LogP) is 3.66. The number of hydrogen-bond donors (Lipinski definition) is 1. The molecule has 2 amide bonds. The molecule has 150 valence electrons. The van der Waals surface area contributed by atoms with Crippen LogP contribution in [0.5, 0.6) is 5.75 Å². The Hall–Kier alpha value is -2.82. The van der Waals surface area contributed by atoms with Crippen molar-refractivity contribution in [1.82, 2.24) is 10.2 Å². The quantitative estimate of drug-likeness (QED) is 0.720. The molecule has 0 saturated carbocycles. The highest BCUT2D eigenvalue weighted by molar-refractivity contribution is 5.85. The van der Waals surface area contributed by atoms with Gasteiger partial charge in [-0.25, -0.2) is 0 Å². The summed E-state index contributed by atoms with van der Waals surface area (Å²) < 4.78 is 5.67. The number of amides is 2. The van der Waals surface area contributed by atoms with Gasteiger partial charge in [-0.05, 0) is 42.5 Å². The molecule has 0 aliphatic carbocycles. The van der Waals surface area contributed by atoms with Crippen molar-refractivity contribution in [1.29, 1.82) is 0 Å². The Bertz CT molecular complexity index is 788. The Morgan fingerprint density at radius 2 is 1.82 bits per heavy atom. The summed E-state index contributed by atoms with van der Waals surface area (Å²) in [6.45, 7) is 9.07. The maximum absolute atomic E-state index is 12.4. The van der Waals surface area contributed by atoms with Crippen molar-refractivity contribution in [3.8, 4) is 5.75 Å². The molecule has 0 saturated heterocycles. The number of rotatable bonds is 9. The van der Waals surface area contributed by atoms with Crippen LogP contribution in [0.15, 0.2) is 48.5 Å². The Morgan fingerprint density at radius 3 is 2.46 bits per heavy atom. The fourth-order valence-corrected chi connectivity index (χ4v) is 2.79. The molecule has 5 nitrogen and oxygen atoms in total. The second-order valence-electron chi connectivity index (χ2n) is 7.14. The van der Waals surface area contributed by atoms with E-state index in [9.17, 15) is 9.59 Å². The van der Waals surface area contributed by atoms with E-state index in [0.717, 1.165) is 16.7 Å². The highest BCUT2D eigenvalue weighted by atomic mass is 16.5. The van der Waals surface area contributed by atoms with Crippen LogP contribution in [0.4, 0.5) is 0 Å². The lowest BCUT2D eigenvalue weighted by molar-refractivity contribution is -0.133. The molecule has 1 N–H and O–H groups in total. The molecule has 0 aliphatic heterocycles. The first-order chi connectivity index (χ1) is 13.4. The third-order valence-corrected chi connectivity index (χ3v) is 4.63. The van der Waals surface area contributed by atoms with Gasteiger partial charge in [0.25, 0.3) is 5.91 Å². The number of hydrogen-bond acceptors (Lipinski definition) is 3. The third-order valence-electron chi connectivity index (χ3n) is 4.63. The van der Waals surface area contributed by atoms with Crippen LogP contribution in [0.2, 0.25) is 0 Å². The van der Waals surface area contributed by atoms with E-state index in [0.29, 0.717) is 24.8 Å². The molecule has 0 atom stereocenters. The summed E-state index contributed by atoms with van der Waals surface area (Å²) in [5.41, 5.74) is 3.21. The highest BCUT2D eigenvalue weighted by Crippen LogP contribution is 2.24. The van der Waals surface area contributed by atoms with Crippen molar-refractivity contribution in [2.45, 2.75) is 40.2 Å². The van der Waals surface area contributed by atoms with Gasteiger partial charge in [-0.2, -0.15) is 0 Å². The molecule has 0 unspecified atom stereocenters. The molecule has 2 aromatic rings. The average molecular weight is 383 g/mol. The van der Waals surface area contributed by atoms with Crippen LogP contribution in [-0.2, 0) is 16.1 Å². The van der Waals surface area contributed by atoms with Crippen molar-refractivity contribution in [2.24, 2.45) is 0 Å². The monoisotopic (exact) mass is 382 g/mol. The molecule has 2 rings (SSSR count). The van der Waals surface area contributed by atoms with E-state index >= 15 is 0 Å². The summed E-state index contributed by atoms with van der Waals surface area (Å²) in [5, 5.41) is 2.65. The van der Waals surface area contributed by atoms with Crippen molar-refractivity contribution >= 4 is 11.8 Å². The fourth-order valence-electron chi connectivity index (χ4n) is 2.79. The number of carbonyl (C=O) groups excluding carboxylic acids is 2. The van der Waals surface area contributed by atoms with Gasteiger partial charge < -0.3 is 15.0 Å². The summed E-state index contributed by atoms with van der Waals surface area (Å²) in [4.78, 5) is 26.2. The van der Waals surface area contributed by atoms with Crippen molar-refractivity contribution in [2.75, 3.05) is 19.7 Å². The van der Waals surface area contributed by atoms with E-state index in [1.165, 1.54) is 0 Å². The van der Waals surface area contributed by atoms with E-state index in [1.807, 2.05) is 56.3 Å². The first kappa shape index (κ1) is 21.5. The van der Waals surface area contributed by atoms with Crippen LogP contribution in [0, 0.1) is 6.92 Å². The summed E-state index contributed by atoms with van der Waals surface area (Å²) in [6.07, 6.45) is 0. The molecule has 0 heterocycles. The van der Waals surface area contributed by atoms with Crippen LogP contribution in [0.25, 0.3) is 0 Å². The standard InChI is InChI=1S/C23H30N2O3/c1-5-25(15-19-9-7-6-8-10-19)23(27)14-24-22(26)16-28-21-13-20(17(2)3)12-11-18(21)4/h6-13,17H,5,14-16H2,1-4H3,(H,24,26). The summed E-state index contributed by atoms with van der Waals surface area (Å²) in [6, 6.07) is 15.8. The highest BCUT2D eigenvalue weighted by Gasteiger charge is 2.14. The van der Waals surface area contributed by atoms with Gasteiger partial charge in [0.05, 0.1) is 6.54 Å². The minimum absolute atomic E-state index is 0.0338. The van der Waals surface area contributed by atoms with Gasteiger partial charge in [0, 0.05) is 13.1 Å². The fraction of sp³-hybridized carbons (Fsp3) is 0.391. The van der Waals surface area contributed by atoms with E-state index in [2.05, 4.69) is 25.2 Å². The zero-order valence-corrected chi connectivity index (χ0v) is 17.2. The number of ether oxygens (including phenoxy) is 1. The Morgan fingerprint density at radius 1 is 1.11 bits per heavy atom. The molecule has 0 radical (unpaired) electrons. The van der Waals surface area contributed by atoms with Crippen LogP contribution in [-0.4, -0.2) is 36.4 Å². The zero-order chi connectivity index (χ0) is 20.5. The second kappa shape index (κ2) is 10.5. The molecule has 0 fully saturated rings. The van der Waals surface area contributed by atoms with Gasteiger partial charge in [-0.3, -0.25) is 9.59 Å². The van der Waals surface area contributed by atoms with E-state index in [1.54, 1.807) is 4.90 Å². The lowest BCUT2D eigenvalue weighted by atomic mass is 10.0. The lowest BCUT2D eigenvalue weighted by Gasteiger charge is -2.21. The Balaban J connectivity index is 1.83. The average Bonchev–Trinajstić information content (AvgIpc) is 2.70. The summed E-state index contributed by atoms with van der Waals surface area (Å²) >= 11 is 0. The van der Waals surface area contributed by atoms with Crippen LogP contribution in [0.3, 0.4) is 0 Å². The van der Waals surface area contributed by atoms with Gasteiger partial charge in [0.2, 0.25) is 5.91 Å². The number of likely N-dealkylation sites (N-methyl/N-ethyl adjacent to an activating group) is 1. The van der Waals surface area contributed by atoms with Gasteiger partial charge >= 0.3 is 0 Å².